The summed E-state index contributed by atoms with van der Waals surface area (Å²) in [6.07, 6.45) is 2.87. The number of guanidine groups is 1. The molecule has 2 aromatic rings. The van der Waals surface area contributed by atoms with Gasteiger partial charge in [0.2, 0.25) is 0 Å². The fourth-order valence-corrected chi connectivity index (χ4v) is 4.10. The summed E-state index contributed by atoms with van der Waals surface area (Å²) in [5.41, 5.74) is 0. The number of nitrogens with zero attached hydrogens (tertiary/aromatic N) is 1. The Morgan fingerprint density at radius 1 is 1.41 bits per heavy atom. The molecule has 0 bridgehead atoms. The molecule has 0 spiro atoms. The van der Waals surface area contributed by atoms with Crippen molar-refractivity contribution in [2.24, 2.45) is 4.99 Å². The number of thiophene rings is 1. The lowest BCUT2D eigenvalue weighted by Gasteiger charge is -2.15. The van der Waals surface area contributed by atoms with Crippen LogP contribution in [-0.2, 0) is 9.47 Å². The van der Waals surface area contributed by atoms with Crippen molar-refractivity contribution in [3.63, 3.8) is 0 Å². The van der Waals surface area contributed by atoms with E-state index >= 15 is 0 Å². The van der Waals surface area contributed by atoms with E-state index < -0.39 is 6.10 Å². The summed E-state index contributed by atoms with van der Waals surface area (Å²) in [6.45, 7) is 3.44. The van der Waals surface area contributed by atoms with Gasteiger partial charge < -0.3 is 25.2 Å². The van der Waals surface area contributed by atoms with Gasteiger partial charge >= 0.3 is 0 Å². The lowest BCUT2D eigenvalue weighted by atomic mass is 10.2. The summed E-state index contributed by atoms with van der Waals surface area (Å²) in [4.78, 5) is 5.16. The van der Waals surface area contributed by atoms with Gasteiger partial charge in [0.25, 0.3) is 0 Å². The van der Waals surface area contributed by atoms with Crippen LogP contribution in [0.2, 0.25) is 0 Å². The van der Waals surface area contributed by atoms with Crippen molar-refractivity contribution in [2.75, 3.05) is 40.0 Å². The SMILES string of the molecule is CN=C(NCCCOCC1CCCO1)NCC(O)c1cc2ccccc2s1. The highest BCUT2D eigenvalue weighted by Crippen LogP contribution is 2.29. The molecule has 3 rings (SSSR count). The van der Waals surface area contributed by atoms with E-state index in [0.717, 1.165) is 37.3 Å². The van der Waals surface area contributed by atoms with Crippen LogP contribution in [-0.4, -0.2) is 57.1 Å². The summed E-state index contributed by atoms with van der Waals surface area (Å²) < 4.78 is 12.4. The molecule has 1 fully saturated rings. The molecule has 0 amide bonds. The van der Waals surface area contributed by atoms with Crippen molar-refractivity contribution in [2.45, 2.75) is 31.5 Å². The maximum atomic E-state index is 10.4. The molecule has 6 nitrogen and oxygen atoms in total. The monoisotopic (exact) mass is 391 g/mol. The van der Waals surface area contributed by atoms with Gasteiger partial charge in [-0.05, 0) is 36.8 Å². The number of ether oxygens (including phenoxy) is 2. The molecule has 2 atom stereocenters. The second-order valence-electron chi connectivity index (χ2n) is 6.65. The number of aliphatic hydroxyl groups excluding tert-OH is 1. The summed E-state index contributed by atoms with van der Waals surface area (Å²) in [5.74, 6) is 0.689. The molecular formula is C20H29N3O3S. The second-order valence-corrected chi connectivity index (χ2v) is 7.76. The van der Waals surface area contributed by atoms with E-state index in [9.17, 15) is 5.11 Å². The molecule has 1 aromatic carbocycles. The van der Waals surface area contributed by atoms with E-state index in [2.05, 4.69) is 27.8 Å². The highest BCUT2D eigenvalue weighted by Gasteiger charge is 2.15. The van der Waals surface area contributed by atoms with Crippen LogP contribution in [0.5, 0.6) is 0 Å². The molecule has 0 radical (unpaired) electrons. The molecule has 2 unspecified atom stereocenters. The van der Waals surface area contributed by atoms with Crippen molar-refractivity contribution < 1.29 is 14.6 Å². The molecule has 3 N–H and O–H groups in total. The first kappa shape index (κ1) is 20.1. The van der Waals surface area contributed by atoms with Crippen LogP contribution < -0.4 is 10.6 Å². The Kier molecular flexibility index (Phi) is 7.89. The maximum Gasteiger partial charge on any atom is 0.191 e. The Labute approximate surface area is 164 Å². The minimum absolute atomic E-state index is 0.280. The molecule has 1 aromatic heterocycles. The van der Waals surface area contributed by atoms with Crippen LogP contribution >= 0.6 is 11.3 Å². The van der Waals surface area contributed by atoms with Gasteiger partial charge in [-0.25, -0.2) is 0 Å². The molecule has 7 heteroatoms. The summed E-state index contributed by atoms with van der Waals surface area (Å²) in [7, 11) is 1.73. The summed E-state index contributed by atoms with van der Waals surface area (Å²) in [5, 5.41) is 18.0. The number of rotatable bonds is 9. The number of fused-ring (bicyclic) bond motifs is 1. The first-order chi connectivity index (χ1) is 13.3. The zero-order valence-corrected chi connectivity index (χ0v) is 16.6. The van der Waals surface area contributed by atoms with Gasteiger partial charge in [-0.1, -0.05) is 18.2 Å². The Balaban J connectivity index is 1.32. The Hall–Kier alpha value is -1.67. The van der Waals surface area contributed by atoms with Crippen LogP contribution in [0, 0.1) is 0 Å². The lowest BCUT2D eigenvalue weighted by Crippen LogP contribution is -2.40. The van der Waals surface area contributed by atoms with Gasteiger partial charge in [0.1, 0.15) is 6.10 Å². The number of hydrogen-bond acceptors (Lipinski definition) is 5. The van der Waals surface area contributed by atoms with Gasteiger partial charge in [0.15, 0.2) is 5.96 Å². The van der Waals surface area contributed by atoms with Crippen molar-refractivity contribution in [1.82, 2.24) is 10.6 Å². The fraction of sp³-hybridized carbons (Fsp3) is 0.550. The number of aliphatic imine (C=N–C) groups is 1. The molecule has 0 saturated carbocycles. The third-order valence-corrected chi connectivity index (χ3v) is 5.76. The molecule has 148 valence electrons. The van der Waals surface area contributed by atoms with Crippen LogP contribution in [0.1, 0.15) is 30.2 Å². The highest BCUT2D eigenvalue weighted by molar-refractivity contribution is 7.19. The average Bonchev–Trinajstić information content (AvgIpc) is 3.36. The maximum absolute atomic E-state index is 10.4. The lowest BCUT2D eigenvalue weighted by molar-refractivity contribution is 0.0168. The molecule has 0 aliphatic carbocycles. The number of benzene rings is 1. The normalized spacial score (nSPS) is 18.7. The zero-order chi connectivity index (χ0) is 18.9. The van der Waals surface area contributed by atoms with Crippen LogP contribution in [0.25, 0.3) is 10.1 Å². The Morgan fingerprint density at radius 3 is 3.07 bits per heavy atom. The van der Waals surface area contributed by atoms with E-state index in [1.54, 1.807) is 18.4 Å². The molecule has 1 saturated heterocycles. The van der Waals surface area contributed by atoms with Crippen molar-refractivity contribution >= 4 is 27.4 Å². The van der Waals surface area contributed by atoms with E-state index in [-0.39, 0.29) is 6.10 Å². The zero-order valence-electron chi connectivity index (χ0n) is 15.8. The van der Waals surface area contributed by atoms with Crippen molar-refractivity contribution in [3.05, 3.63) is 35.2 Å². The van der Waals surface area contributed by atoms with Gasteiger partial charge in [-0.2, -0.15) is 0 Å². The van der Waals surface area contributed by atoms with Gasteiger partial charge in [-0.15, -0.1) is 11.3 Å². The van der Waals surface area contributed by atoms with E-state index in [1.807, 2.05) is 18.2 Å². The fourth-order valence-electron chi connectivity index (χ4n) is 3.05. The third kappa shape index (κ3) is 6.17. The molecule has 1 aliphatic rings. The molecule has 1 aliphatic heterocycles. The number of nitrogens with one attached hydrogen (secondary N) is 2. The minimum atomic E-state index is -0.560. The number of hydrogen-bond donors (Lipinski definition) is 3. The van der Waals surface area contributed by atoms with Gasteiger partial charge in [0, 0.05) is 42.9 Å². The third-order valence-electron chi connectivity index (χ3n) is 4.55. The highest BCUT2D eigenvalue weighted by atomic mass is 32.1. The largest absolute Gasteiger partial charge is 0.386 e. The van der Waals surface area contributed by atoms with E-state index in [4.69, 9.17) is 9.47 Å². The van der Waals surface area contributed by atoms with Crippen LogP contribution in [0.4, 0.5) is 0 Å². The summed E-state index contributed by atoms with van der Waals surface area (Å²) >= 11 is 1.62. The first-order valence-corrected chi connectivity index (χ1v) is 10.4. The Bertz CT molecular complexity index is 695. The van der Waals surface area contributed by atoms with Crippen molar-refractivity contribution in [1.29, 1.82) is 0 Å². The standard InChI is InChI=1S/C20H29N3O3S/c1-21-20(22-9-5-10-25-14-16-7-4-11-26-16)23-13-17(24)19-12-15-6-2-3-8-18(15)27-19/h2-3,6,8,12,16-17,24H,4-5,7,9-11,13-14H2,1H3,(H2,21,22,23). The minimum Gasteiger partial charge on any atom is -0.386 e. The number of aliphatic hydroxyl groups is 1. The molecular weight excluding hydrogens is 362 g/mol. The van der Waals surface area contributed by atoms with Crippen molar-refractivity contribution in [3.8, 4) is 0 Å². The van der Waals surface area contributed by atoms with E-state index in [1.165, 1.54) is 10.1 Å². The first-order valence-electron chi connectivity index (χ1n) is 9.56. The smallest absolute Gasteiger partial charge is 0.191 e. The van der Waals surface area contributed by atoms with E-state index in [0.29, 0.717) is 25.7 Å². The quantitative estimate of drug-likeness (QED) is 0.348. The average molecular weight is 392 g/mol. The van der Waals surface area contributed by atoms with Gasteiger partial charge in [-0.3, -0.25) is 4.99 Å². The molecule has 2 heterocycles. The topological polar surface area (TPSA) is 75.1 Å². The molecule has 27 heavy (non-hydrogen) atoms. The predicted octanol–water partition coefficient (Wildman–Crippen LogP) is 2.69. The van der Waals surface area contributed by atoms with Crippen LogP contribution in [0.3, 0.4) is 0 Å². The predicted molar refractivity (Wildman–Crippen MR) is 111 cm³/mol. The summed E-state index contributed by atoms with van der Waals surface area (Å²) in [6, 6.07) is 10.2. The second kappa shape index (κ2) is 10.6. The van der Waals surface area contributed by atoms with Gasteiger partial charge in [0.05, 0.1) is 12.7 Å². The Morgan fingerprint density at radius 2 is 2.30 bits per heavy atom. The van der Waals surface area contributed by atoms with Crippen LogP contribution in [0.15, 0.2) is 35.3 Å².